The summed E-state index contributed by atoms with van der Waals surface area (Å²) in [7, 11) is -3.92. The molecule has 1 aliphatic rings. The summed E-state index contributed by atoms with van der Waals surface area (Å²) in [6.07, 6.45) is 5.86. The lowest BCUT2D eigenvalue weighted by atomic mass is 9.87. The van der Waals surface area contributed by atoms with Crippen molar-refractivity contribution < 1.29 is 17.6 Å². The number of aryl methyl sites for hydroxylation is 1. The van der Waals surface area contributed by atoms with Gasteiger partial charge in [-0.1, -0.05) is 91.0 Å². The number of sulfonamides is 1. The average Bonchev–Trinajstić information content (AvgIpc) is 3.13. The standard InChI is InChI=1S/C33H28FNO3S/c34-29-20-15-25(16-21-29)23-39(37,38)35-32(36)22-17-24-13-18-28(19-14-24)33-30-11-5-4-9-27(30)10-6-12-31(33)26-7-2-1-3-8-26/h1-5,7-9,11,13-22H,6,10,12,23H2,(H,35,36)/b22-17+. The molecular weight excluding hydrogens is 509 g/mol. The van der Waals surface area contributed by atoms with Crippen molar-refractivity contribution >= 4 is 33.2 Å². The van der Waals surface area contributed by atoms with Gasteiger partial charge in [0.05, 0.1) is 5.75 Å². The van der Waals surface area contributed by atoms with E-state index in [4.69, 9.17) is 0 Å². The van der Waals surface area contributed by atoms with Crippen molar-refractivity contribution in [3.05, 3.63) is 148 Å². The van der Waals surface area contributed by atoms with Crippen molar-refractivity contribution in [1.82, 2.24) is 4.72 Å². The zero-order valence-electron chi connectivity index (χ0n) is 21.3. The number of halogens is 1. The molecular formula is C33H28FNO3S. The summed E-state index contributed by atoms with van der Waals surface area (Å²) in [5.41, 5.74) is 8.57. The highest BCUT2D eigenvalue weighted by Gasteiger charge is 2.20. The van der Waals surface area contributed by atoms with Crippen molar-refractivity contribution in [3.63, 3.8) is 0 Å². The van der Waals surface area contributed by atoms with Crippen molar-refractivity contribution in [2.24, 2.45) is 0 Å². The van der Waals surface area contributed by atoms with Crippen molar-refractivity contribution in [1.29, 1.82) is 0 Å². The number of hydrogen-bond acceptors (Lipinski definition) is 3. The third kappa shape index (κ3) is 6.59. The van der Waals surface area contributed by atoms with Crippen LogP contribution in [0.15, 0.2) is 109 Å². The van der Waals surface area contributed by atoms with Crippen LogP contribution in [0, 0.1) is 5.82 Å². The van der Waals surface area contributed by atoms with Crippen LogP contribution in [0.2, 0.25) is 0 Å². The predicted octanol–water partition coefficient (Wildman–Crippen LogP) is 6.78. The van der Waals surface area contributed by atoms with E-state index >= 15 is 0 Å². The number of nitrogens with one attached hydrogen (secondary N) is 1. The van der Waals surface area contributed by atoms with Crippen LogP contribution >= 0.6 is 0 Å². The zero-order valence-corrected chi connectivity index (χ0v) is 22.1. The molecule has 6 heteroatoms. The molecule has 0 atom stereocenters. The Balaban J connectivity index is 1.37. The zero-order chi connectivity index (χ0) is 27.2. The van der Waals surface area contributed by atoms with Gasteiger partial charge in [0.25, 0.3) is 5.91 Å². The van der Waals surface area contributed by atoms with Crippen LogP contribution in [0.1, 0.15) is 46.2 Å². The number of hydrogen-bond donors (Lipinski definition) is 1. The first-order valence-electron chi connectivity index (χ1n) is 12.8. The molecule has 5 rings (SSSR count). The largest absolute Gasteiger partial charge is 0.269 e. The first-order valence-corrected chi connectivity index (χ1v) is 14.5. The molecule has 4 aromatic carbocycles. The number of allylic oxidation sites excluding steroid dienone is 1. The molecule has 0 fully saturated rings. The molecule has 4 aromatic rings. The molecule has 0 unspecified atom stereocenters. The summed E-state index contributed by atoms with van der Waals surface area (Å²) >= 11 is 0. The molecule has 0 heterocycles. The van der Waals surface area contributed by atoms with E-state index in [1.165, 1.54) is 58.2 Å². The minimum Gasteiger partial charge on any atom is -0.269 e. The Morgan fingerprint density at radius 2 is 1.49 bits per heavy atom. The van der Waals surface area contributed by atoms with Crippen LogP contribution in [0.5, 0.6) is 0 Å². The monoisotopic (exact) mass is 537 g/mol. The minimum absolute atomic E-state index is 0.389. The van der Waals surface area contributed by atoms with Gasteiger partial charge in [-0.05, 0) is 82.0 Å². The third-order valence-electron chi connectivity index (χ3n) is 6.74. The molecule has 196 valence electrons. The highest BCUT2D eigenvalue weighted by molar-refractivity contribution is 7.89. The van der Waals surface area contributed by atoms with E-state index in [0.29, 0.717) is 5.56 Å². The smallest absolute Gasteiger partial charge is 0.257 e. The highest BCUT2D eigenvalue weighted by Crippen LogP contribution is 2.39. The molecule has 0 saturated heterocycles. The summed E-state index contributed by atoms with van der Waals surface area (Å²) in [6.45, 7) is 0. The molecule has 4 nitrogen and oxygen atoms in total. The van der Waals surface area contributed by atoms with Crippen molar-refractivity contribution in [2.75, 3.05) is 0 Å². The third-order valence-corrected chi connectivity index (χ3v) is 7.96. The van der Waals surface area contributed by atoms with Gasteiger partial charge in [-0.3, -0.25) is 4.79 Å². The van der Waals surface area contributed by atoms with Gasteiger partial charge in [0.2, 0.25) is 10.0 Å². The average molecular weight is 538 g/mol. The van der Waals surface area contributed by atoms with E-state index in [9.17, 15) is 17.6 Å². The topological polar surface area (TPSA) is 63.2 Å². The fraction of sp³-hybridized carbons (Fsp3) is 0.121. The van der Waals surface area contributed by atoms with Gasteiger partial charge in [-0.25, -0.2) is 17.5 Å². The lowest BCUT2D eigenvalue weighted by Gasteiger charge is -2.16. The number of carbonyl (C=O) groups is 1. The second-order valence-electron chi connectivity index (χ2n) is 9.54. The van der Waals surface area contributed by atoms with Crippen LogP contribution in [-0.4, -0.2) is 14.3 Å². The lowest BCUT2D eigenvalue weighted by molar-refractivity contribution is -0.114. The Labute approximate surface area is 228 Å². The maximum absolute atomic E-state index is 13.1. The highest BCUT2D eigenvalue weighted by atomic mass is 32.2. The first kappa shape index (κ1) is 26.3. The van der Waals surface area contributed by atoms with E-state index < -0.39 is 27.5 Å². The Hall–Kier alpha value is -4.29. The van der Waals surface area contributed by atoms with Crippen LogP contribution in [0.4, 0.5) is 4.39 Å². The van der Waals surface area contributed by atoms with E-state index in [-0.39, 0.29) is 0 Å². The van der Waals surface area contributed by atoms with Crippen LogP contribution in [0.3, 0.4) is 0 Å². The van der Waals surface area contributed by atoms with E-state index in [1.807, 2.05) is 35.1 Å². The predicted molar refractivity (Wildman–Crippen MR) is 154 cm³/mol. The molecule has 0 radical (unpaired) electrons. The van der Waals surface area contributed by atoms with E-state index in [0.717, 1.165) is 30.4 Å². The molecule has 0 aromatic heterocycles. The summed E-state index contributed by atoms with van der Waals surface area (Å²) in [5.74, 6) is -1.61. The van der Waals surface area contributed by atoms with Crippen molar-refractivity contribution in [3.8, 4) is 0 Å². The number of benzene rings is 4. The van der Waals surface area contributed by atoms with Crippen molar-refractivity contribution in [2.45, 2.75) is 25.0 Å². The van der Waals surface area contributed by atoms with Gasteiger partial charge >= 0.3 is 0 Å². The van der Waals surface area contributed by atoms with Gasteiger partial charge in [0.1, 0.15) is 5.82 Å². The number of amides is 1. The number of fused-ring (bicyclic) bond motifs is 1. The number of carbonyl (C=O) groups excluding carboxylic acids is 1. The Morgan fingerprint density at radius 3 is 2.23 bits per heavy atom. The van der Waals surface area contributed by atoms with Gasteiger partial charge in [0.15, 0.2) is 0 Å². The lowest BCUT2D eigenvalue weighted by Crippen LogP contribution is -2.30. The second kappa shape index (κ2) is 11.6. The normalized spacial score (nSPS) is 13.7. The molecule has 0 bridgehead atoms. The van der Waals surface area contributed by atoms with E-state index in [2.05, 4.69) is 48.5 Å². The summed E-state index contributed by atoms with van der Waals surface area (Å²) < 4.78 is 39.8. The van der Waals surface area contributed by atoms with Gasteiger partial charge < -0.3 is 0 Å². The molecule has 1 aliphatic carbocycles. The maximum atomic E-state index is 13.1. The quantitative estimate of drug-likeness (QED) is 0.264. The second-order valence-corrected chi connectivity index (χ2v) is 11.3. The van der Waals surface area contributed by atoms with Crippen LogP contribution in [0.25, 0.3) is 17.2 Å². The molecule has 0 aliphatic heterocycles. The molecule has 0 saturated carbocycles. The summed E-state index contributed by atoms with van der Waals surface area (Å²) in [4.78, 5) is 12.3. The Bertz CT molecular complexity index is 1640. The van der Waals surface area contributed by atoms with Gasteiger partial charge in [-0.15, -0.1) is 0 Å². The fourth-order valence-electron chi connectivity index (χ4n) is 4.94. The molecule has 39 heavy (non-hydrogen) atoms. The molecule has 1 amide bonds. The minimum atomic E-state index is -3.92. The SMILES string of the molecule is O=C(/C=C/c1ccc(C2=C(c3ccccc3)CCCc3ccccc32)cc1)NS(=O)(=O)Cc1ccc(F)cc1. The maximum Gasteiger partial charge on any atom is 0.257 e. The van der Waals surface area contributed by atoms with Gasteiger partial charge in [-0.2, -0.15) is 0 Å². The van der Waals surface area contributed by atoms with E-state index in [1.54, 1.807) is 6.08 Å². The van der Waals surface area contributed by atoms with Gasteiger partial charge in [0, 0.05) is 6.08 Å². The molecule has 1 N–H and O–H groups in total. The van der Waals surface area contributed by atoms with Crippen LogP contribution < -0.4 is 4.72 Å². The molecule has 0 spiro atoms. The summed E-state index contributed by atoms with van der Waals surface area (Å²) in [5, 5.41) is 0. The first-order chi connectivity index (χ1) is 18.9. The van der Waals surface area contributed by atoms with Crippen LogP contribution in [-0.2, 0) is 27.0 Å². The summed E-state index contributed by atoms with van der Waals surface area (Å²) in [6, 6.07) is 32.1. The Kier molecular flexibility index (Phi) is 7.84. The fourth-order valence-corrected chi connectivity index (χ4v) is 6.02. The Morgan fingerprint density at radius 1 is 0.795 bits per heavy atom. The number of rotatable bonds is 7.